The van der Waals surface area contributed by atoms with Crippen LogP contribution >= 0.6 is 11.3 Å². The molecule has 1 saturated heterocycles. The summed E-state index contributed by atoms with van der Waals surface area (Å²) in [5.74, 6) is -0.0833. The summed E-state index contributed by atoms with van der Waals surface area (Å²) in [5.41, 5.74) is 2.22. The van der Waals surface area contributed by atoms with Crippen molar-refractivity contribution in [2.75, 3.05) is 38.0 Å². The zero-order valence-electron chi connectivity index (χ0n) is 17.7. The molecule has 3 N–H and O–H groups in total. The molecule has 0 bridgehead atoms. The highest BCUT2D eigenvalue weighted by Gasteiger charge is 2.24. The number of nitrogens with zero attached hydrogens (tertiary/aromatic N) is 3. The van der Waals surface area contributed by atoms with Crippen LogP contribution in [0.2, 0.25) is 0 Å². The minimum atomic E-state index is -0.210. The summed E-state index contributed by atoms with van der Waals surface area (Å²) in [7, 11) is 0. The van der Waals surface area contributed by atoms with Crippen LogP contribution in [0, 0.1) is 0 Å². The van der Waals surface area contributed by atoms with Crippen LogP contribution in [0.25, 0.3) is 10.9 Å². The molecule has 4 rings (SSSR count). The van der Waals surface area contributed by atoms with Crippen LogP contribution in [0.15, 0.2) is 42.0 Å². The van der Waals surface area contributed by atoms with Gasteiger partial charge in [0.15, 0.2) is 5.13 Å². The lowest BCUT2D eigenvalue weighted by Crippen LogP contribution is -2.53. The number of thiazole rings is 1. The molecule has 0 radical (unpaired) electrons. The number of hydrogen-bond donors (Lipinski definition) is 3. The number of H-pyrrole nitrogens is 1. The number of aromatic amines is 1. The van der Waals surface area contributed by atoms with Gasteiger partial charge in [-0.15, -0.1) is 11.3 Å². The van der Waals surface area contributed by atoms with Gasteiger partial charge in [0.2, 0.25) is 11.8 Å². The molecule has 1 fully saturated rings. The molecule has 0 unspecified atom stereocenters. The van der Waals surface area contributed by atoms with Gasteiger partial charge in [-0.3, -0.25) is 9.59 Å². The normalized spacial score (nSPS) is 13.9. The fraction of sp³-hybridized carbons (Fsp3) is 0.364. The number of amides is 4. The number of rotatable bonds is 7. The predicted octanol–water partition coefficient (Wildman–Crippen LogP) is 2.44. The number of carbonyl (C=O) groups is 3. The highest BCUT2D eigenvalue weighted by Crippen LogP contribution is 2.19. The van der Waals surface area contributed by atoms with Gasteiger partial charge in [0.25, 0.3) is 0 Å². The maximum Gasteiger partial charge on any atom is 0.317 e. The summed E-state index contributed by atoms with van der Waals surface area (Å²) in [5, 5.41) is 8.94. The van der Waals surface area contributed by atoms with E-state index in [4.69, 9.17) is 0 Å². The topological polar surface area (TPSA) is 110 Å². The molecular weight excluding hydrogens is 428 g/mol. The molecular formula is C22H26N6O3S. The van der Waals surface area contributed by atoms with E-state index in [2.05, 4.69) is 26.7 Å². The molecule has 1 aliphatic heterocycles. The van der Waals surface area contributed by atoms with Gasteiger partial charge >= 0.3 is 6.03 Å². The van der Waals surface area contributed by atoms with Gasteiger partial charge in [0.1, 0.15) is 0 Å². The molecule has 0 aliphatic carbocycles. The van der Waals surface area contributed by atoms with Gasteiger partial charge < -0.3 is 25.4 Å². The lowest BCUT2D eigenvalue weighted by atomic mass is 10.1. The minimum absolute atomic E-state index is 0.106. The Bertz CT molecular complexity index is 1070. The summed E-state index contributed by atoms with van der Waals surface area (Å²) in [4.78, 5) is 47.6. The largest absolute Gasteiger partial charge is 0.361 e. The third-order valence-electron chi connectivity index (χ3n) is 5.51. The second kappa shape index (κ2) is 10.3. The first-order chi connectivity index (χ1) is 15.6. The third-order valence-corrected chi connectivity index (χ3v) is 6.20. The Morgan fingerprint density at radius 1 is 1.06 bits per heavy atom. The molecule has 0 spiro atoms. The van der Waals surface area contributed by atoms with Gasteiger partial charge in [-0.05, 0) is 18.1 Å². The predicted molar refractivity (Wildman–Crippen MR) is 124 cm³/mol. The number of carbonyl (C=O) groups excluding carboxylic acids is 3. The number of benzene rings is 1. The zero-order valence-corrected chi connectivity index (χ0v) is 18.5. The zero-order chi connectivity index (χ0) is 22.3. The van der Waals surface area contributed by atoms with Crippen LogP contribution in [-0.4, -0.2) is 70.3 Å². The number of para-hydroxylation sites is 1. The number of piperazine rings is 1. The van der Waals surface area contributed by atoms with Crippen LogP contribution in [0.3, 0.4) is 0 Å². The standard InChI is InChI=1S/C22H26N6O3S/c29-19(26-21-23-9-14-32-21)7-8-24-22(31)28-12-10-27(11-13-28)20(30)6-5-16-15-25-18-4-2-1-3-17(16)18/h1-4,9,14-15,25H,5-8,10-13H2,(H,24,31)(H,23,26,29). The number of urea groups is 1. The summed E-state index contributed by atoms with van der Waals surface area (Å²) in [6.07, 6.45) is 4.90. The lowest BCUT2D eigenvalue weighted by Gasteiger charge is -2.34. The van der Waals surface area contributed by atoms with Crippen LogP contribution in [0.5, 0.6) is 0 Å². The van der Waals surface area contributed by atoms with Gasteiger partial charge in [-0.1, -0.05) is 18.2 Å². The van der Waals surface area contributed by atoms with Crippen LogP contribution in [0.4, 0.5) is 9.93 Å². The monoisotopic (exact) mass is 454 g/mol. The first kappa shape index (κ1) is 21.8. The van der Waals surface area contributed by atoms with Crippen molar-refractivity contribution in [3.63, 3.8) is 0 Å². The molecule has 4 amide bonds. The van der Waals surface area contributed by atoms with Crippen molar-refractivity contribution in [1.29, 1.82) is 0 Å². The van der Waals surface area contributed by atoms with Crippen LogP contribution in [-0.2, 0) is 16.0 Å². The molecule has 32 heavy (non-hydrogen) atoms. The first-order valence-corrected chi connectivity index (χ1v) is 11.5. The van der Waals surface area contributed by atoms with E-state index in [1.807, 2.05) is 29.3 Å². The van der Waals surface area contributed by atoms with E-state index < -0.39 is 0 Å². The number of hydrogen-bond acceptors (Lipinski definition) is 5. The average Bonchev–Trinajstić information content (AvgIpc) is 3.47. The molecule has 0 saturated carbocycles. The van der Waals surface area contributed by atoms with Crippen LogP contribution < -0.4 is 10.6 Å². The van der Waals surface area contributed by atoms with Gasteiger partial charge in [-0.2, -0.15) is 0 Å². The Morgan fingerprint density at radius 3 is 2.62 bits per heavy atom. The number of nitrogens with one attached hydrogen (secondary N) is 3. The van der Waals surface area contributed by atoms with Crippen molar-refractivity contribution >= 4 is 45.2 Å². The van der Waals surface area contributed by atoms with E-state index >= 15 is 0 Å². The smallest absolute Gasteiger partial charge is 0.317 e. The molecule has 1 aromatic carbocycles. The van der Waals surface area contributed by atoms with E-state index in [-0.39, 0.29) is 30.8 Å². The molecule has 10 heteroatoms. The molecule has 3 aromatic rings. The molecule has 0 atom stereocenters. The number of anilines is 1. The summed E-state index contributed by atoms with van der Waals surface area (Å²) < 4.78 is 0. The molecule has 168 valence electrons. The fourth-order valence-electron chi connectivity index (χ4n) is 3.76. The van der Waals surface area contributed by atoms with Crippen LogP contribution in [0.1, 0.15) is 18.4 Å². The van der Waals surface area contributed by atoms with Crippen molar-refractivity contribution in [1.82, 2.24) is 25.1 Å². The maximum absolute atomic E-state index is 12.6. The van der Waals surface area contributed by atoms with Crippen molar-refractivity contribution in [2.45, 2.75) is 19.3 Å². The highest BCUT2D eigenvalue weighted by atomic mass is 32.1. The van der Waals surface area contributed by atoms with E-state index in [0.29, 0.717) is 44.2 Å². The second-order valence-electron chi connectivity index (χ2n) is 7.59. The Labute approximate surface area is 189 Å². The summed E-state index contributed by atoms with van der Waals surface area (Å²) in [6, 6.07) is 7.86. The first-order valence-electron chi connectivity index (χ1n) is 10.6. The van der Waals surface area contributed by atoms with Gasteiger partial charge in [0, 0.05) is 74.2 Å². The Morgan fingerprint density at radius 2 is 1.84 bits per heavy atom. The lowest BCUT2D eigenvalue weighted by molar-refractivity contribution is -0.132. The van der Waals surface area contributed by atoms with Crippen molar-refractivity contribution < 1.29 is 14.4 Å². The number of aromatic nitrogens is 2. The fourth-order valence-corrected chi connectivity index (χ4v) is 4.30. The van der Waals surface area contributed by atoms with Crippen molar-refractivity contribution in [2.24, 2.45) is 0 Å². The van der Waals surface area contributed by atoms with E-state index in [9.17, 15) is 14.4 Å². The second-order valence-corrected chi connectivity index (χ2v) is 8.49. The maximum atomic E-state index is 12.6. The quantitative estimate of drug-likeness (QED) is 0.509. The Hall–Kier alpha value is -3.40. The van der Waals surface area contributed by atoms with Gasteiger partial charge in [0.05, 0.1) is 0 Å². The molecule has 2 aromatic heterocycles. The summed E-state index contributed by atoms with van der Waals surface area (Å²) >= 11 is 1.35. The highest BCUT2D eigenvalue weighted by molar-refractivity contribution is 7.13. The Kier molecular flexibility index (Phi) is 7.00. The minimum Gasteiger partial charge on any atom is -0.361 e. The molecule has 3 heterocycles. The van der Waals surface area contributed by atoms with E-state index in [1.54, 1.807) is 16.5 Å². The van der Waals surface area contributed by atoms with Crippen molar-refractivity contribution in [3.05, 3.63) is 47.6 Å². The molecule has 1 aliphatic rings. The average molecular weight is 455 g/mol. The Balaban J connectivity index is 1.15. The third kappa shape index (κ3) is 5.44. The van der Waals surface area contributed by atoms with Gasteiger partial charge in [-0.25, -0.2) is 9.78 Å². The number of aryl methyl sites for hydroxylation is 1. The van der Waals surface area contributed by atoms with Crippen molar-refractivity contribution in [3.8, 4) is 0 Å². The number of fused-ring (bicyclic) bond motifs is 1. The van der Waals surface area contributed by atoms with E-state index in [1.165, 1.54) is 11.3 Å². The van der Waals surface area contributed by atoms with E-state index in [0.717, 1.165) is 16.5 Å². The SMILES string of the molecule is O=C(CCNC(=O)N1CCN(C(=O)CCc2c[nH]c3ccccc23)CC1)Nc1nccs1. The molecule has 9 nitrogen and oxygen atoms in total. The summed E-state index contributed by atoms with van der Waals surface area (Å²) in [6.45, 7) is 2.25.